The van der Waals surface area contributed by atoms with E-state index < -0.39 is 49.5 Å². The average molecular weight is 488 g/mol. The molecule has 0 unspecified atom stereocenters. The fourth-order valence-electron chi connectivity index (χ4n) is 3.20. The number of hydrogen-bond donors (Lipinski definition) is 2. The van der Waals surface area contributed by atoms with Gasteiger partial charge in [0.1, 0.15) is 1.37 Å². The van der Waals surface area contributed by atoms with Gasteiger partial charge in [0.15, 0.2) is 0 Å². The molecule has 8 nitrogen and oxygen atoms in total. The molecule has 5 rings (SSSR count). The number of hydrogen-bond acceptors (Lipinski definition) is 6. The minimum Gasteiger partial charge on any atom is -0.324 e. The molecule has 1 amide bonds. The summed E-state index contributed by atoms with van der Waals surface area (Å²) in [5.74, 6) is -1.03. The second-order valence-electron chi connectivity index (χ2n) is 7.53. The highest BCUT2D eigenvalue weighted by molar-refractivity contribution is 6.05. The lowest BCUT2D eigenvalue weighted by molar-refractivity contribution is 0.102. The maximum absolute atomic E-state index is 13.5. The predicted octanol–water partition coefficient (Wildman–Crippen LogP) is 5.65. The molecule has 3 heterocycles. The average Bonchev–Trinajstić information content (AvgIpc) is 3.27. The molecule has 0 atom stereocenters. The second-order valence-corrected chi connectivity index (χ2v) is 7.53. The first kappa shape index (κ1) is 12.7. The Morgan fingerprint density at radius 1 is 1.14 bits per heavy atom. The van der Waals surface area contributed by atoms with Gasteiger partial charge >= 0.3 is 0 Å². The van der Waals surface area contributed by atoms with Crippen LogP contribution in [0.15, 0.2) is 85.5 Å². The van der Waals surface area contributed by atoms with Crippen LogP contribution in [0.25, 0.3) is 16.9 Å². The molecule has 2 aromatic carbocycles. The molecular weight excluding hydrogens is 450 g/mol. The van der Waals surface area contributed by atoms with Gasteiger partial charge in [0, 0.05) is 57.0 Å². The fraction of sp³-hybridized carbons (Fsp3) is 0.107. The van der Waals surface area contributed by atoms with Gasteiger partial charge in [0.25, 0.3) is 5.91 Å². The summed E-state index contributed by atoms with van der Waals surface area (Å²) in [4.78, 5) is 29.4. The van der Waals surface area contributed by atoms with Crippen LogP contribution in [0.2, 0.25) is 0 Å². The first-order chi connectivity index (χ1) is 22.4. The lowest BCUT2D eigenvalue weighted by Gasteiger charge is -2.13. The topological polar surface area (TPSA) is 97.6 Å². The highest BCUT2D eigenvalue weighted by Gasteiger charge is 2.12. The molecule has 0 radical (unpaired) electrons. The van der Waals surface area contributed by atoms with Crippen LogP contribution in [0.5, 0.6) is 0 Å². The number of nitrogens with one attached hydrogen (secondary N) is 2. The van der Waals surface area contributed by atoms with Gasteiger partial charge in [0.2, 0.25) is 5.95 Å². The molecule has 0 bridgehead atoms. The molecule has 0 aliphatic rings. The van der Waals surface area contributed by atoms with Crippen LogP contribution in [0, 0.1) is 20.7 Å². The molecule has 0 fully saturated rings. The summed E-state index contributed by atoms with van der Waals surface area (Å²) in [5, 5.41) is 5.24. The van der Waals surface area contributed by atoms with E-state index in [0.29, 0.717) is 0 Å². The maximum Gasteiger partial charge on any atom is 0.255 e. The Bertz CT molecular complexity index is 2130. The predicted molar refractivity (Wildman–Crippen MR) is 141 cm³/mol. The lowest BCUT2D eigenvalue weighted by Crippen LogP contribution is -2.13. The van der Waals surface area contributed by atoms with Crippen molar-refractivity contribution in [1.82, 2.24) is 24.5 Å². The number of benzene rings is 2. The zero-order valence-electron chi connectivity index (χ0n) is 31.0. The number of pyridine rings is 1. The Balaban J connectivity index is 1.55. The molecular formula is C28H25N7O. The van der Waals surface area contributed by atoms with Gasteiger partial charge in [-0.3, -0.25) is 9.78 Å². The van der Waals surface area contributed by atoms with Crippen molar-refractivity contribution in [2.75, 3.05) is 10.6 Å². The summed E-state index contributed by atoms with van der Waals surface area (Å²) in [6.45, 7) is 0.250. The van der Waals surface area contributed by atoms with Gasteiger partial charge in [0.05, 0.1) is 28.7 Å². The van der Waals surface area contributed by atoms with Gasteiger partial charge in [-0.15, -0.1) is 0 Å². The van der Waals surface area contributed by atoms with Crippen LogP contribution in [-0.4, -0.2) is 30.4 Å². The van der Waals surface area contributed by atoms with Crippen molar-refractivity contribution in [1.29, 1.82) is 0 Å². The lowest BCUT2D eigenvalue weighted by atomic mass is 10.1. The van der Waals surface area contributed by atoms with E-state index in [4.69, 9.17) is 16.4 Å². The van der Waals surface area contributed by atoms with Crippen molar-refractivity contribution in [3.63, 3.8) is 0 Å². The van der Waals surface area contributed by atoms with Gasteiger partial charge in [-0.2, -0.15) is 0 Å². The van der Waals surface area contributed by atoms with Crippen LogP contribution >= 0.6 is 0 Å². The minimum absolute atomic E-state index is 0.00237. The van der Waals surface area contributed by atoms with E-state index in [1.165, 1.54) is 44.3 Å². The van der Waals surface area contributed by atoms with Crippen molar-refractivity contribution >= 4 is 23.2 Å². The number of aryl methyl sites for hydroxylation is 2. The van der Waals surface area contributed by atoms with Crippen LogP contribution in [0.3, 0.4) is 0 Å². The number of nitrogens with zero attached hydrogens (tertiary/aromatic N) is 5. The largest absolute Gasteiger partial charge is 0.324 e. The molecule has 36 heavy (non-hydrogen) atoms. The Hall–Kier alpha value is -4.85. The molecule has 178 valence electrons. The summed E-state index contributed by atoms with van der Waals surface area (Å²) in [5.41, 5.74) is -0.850. The normalized spacial score (nSPS) is 15.8. The van der Waals surface area contributed by atoms with Gasteiger partial charge < -0.3 is 15.2 Å². The van der Waals surface area contributed by atoms with Crippen molar-refractivity contribution in [3.05, 3.63) is 108 Å². The highest BCUT2D eigenvalue weighted by Crippen LogP contribution is 2.24. The molecule has 5 aromatic rings. The van der Waals surface area contributed by atoms with Crippen molar-refractivity contribution < 1.29 is 21.2 Å². The number of rotatable bonds is 6. The van der Waals surface area contributed by atoms with E-state index >= 15 is 0 Å². The van der Waals surface area contributed by atoms with Crippen molar-refractivity contribution in [2.45, 2.75) is 20.7 Å². The summed E-state index contributed by atoms with van der Waals surface area (Å²) in [6, 6.07) is 2.86. The monoisotopic (exact) mass is 487 g/mol. The highest BCUT2D eigenvalue weighted by atomic mass is 16.1. The molecule has 3 aromatic heterocycles. The standard InChI is InChI=1S/C28H25N7O/c1-18-11-23(14-24(12-18)35-16-20(3)31-17-35)32-27(36)21-7-6-19(2)26(13-21)34-28-30-10-8-25(33-28)22-5-4-9-29-15-22/h4-17H,1-3H3,(H,32,36)(H,30,33,34)/i2D3,4D,5D,9D,11D,12D,14D,15D,16D,17D. The van der Waals surface area contributed by atoms with E-state index in [0.717, 1.165) is 4.57 Å². The van der Waals surface area contributed by atoms with Gasteiger partial charge in [-0.1, -0.05) is 6.07 Å². The zero-order valence-corrected chi connectivity index (χ0v) is 19.0. The van der Waals surface area contributed by atoms with Gasteiger partial charge in [-0.05, 0) is 80.2 Å². The van der Waals surface area contributed by atoms with Gasteiger partial charge in [-0.25, -0.2) is 15.0 Å². The first-order valence-electron chi connectivity index (χ1n) is 16.6. The quantitative estimate of drug-likeness (QED) is 0.321. The zero-order chi connectivity index (χ0) is 35.4. The van der Waals surface area contributed by atoms with Crippen molar-refractivity contribution in [3.8, 4) is 16.9 Å². The molecule has 8 heteroatoms. The molecule has 2 N–H and O–H groups in total. The van der Waals surface area contributed by atoms with E-state index in [-0.39, 0.29) is 74.9 Å². The number of anilines is 3. The molecule has 0 aliphatic carbocycles. The third-order valence-electron chi connectivity index (χ3n) is 4.82. The number of amides is 1. The first-order valence-corrected chi connectivity index (χ1v) is 10.6. The number of carbonyl (C=O) groups is 1. The Kier molecular flexibility index (Phi) is 3.46. The van der Waals surface area contributed by atoms with Crippen LogP contribution < -0.4 is 10.6 Å². The molecule has 0 saturated carbocycles. The molecule has 0 spiro atoms. The van der Waals surface area contributed by atoms with E-state index in [1.807, 2.05) is 0 Å². The molecule has 0 aliphatic heterocycles. The van der Waals surface area contributed by atoms with Crippen LogP contribution in [-0.2, 0) is 0 Å². The van der Waals surface area contributed by atoms with Crippen LogP contribution in [0.1, 0.15) is 43.6 Å². The Labute approximate surface area is 226 Å². The second kappa shape index (κ2) is 9.79. The Morgan fingerprint density at radius 3 is 2.89 bits per heavy atom. The summed E-state index contributed by atoms with van der Waals surface area (Å²) >= 11 is 0. The number of aromatic nitrogens is 5. The maximum atomic E-state index is 13.5. The SMILES string of the molecule is [2H]c1nc([2H])c(-c2ccnc(Nc3cc(C(=O)Nc4c([2H])c(C)c([2H])c(-n5c([2H])nc(C)c5[2H])c4[2H])ccc3C([2H])([2H])[2H])n2)c([2H])c1[2H]. The number of imidazole rings is 1. The summed E-state index contributed by atoms with van der Waals surface area (Å²) < 4.78 is 99.1. The van der Waals surface area contributed by atoms with E-state index in [9.17, 15) is 4.79 Å². The van der Waals surface area contributed by atoms with Crippen molar-refractivity contribution in [2.24, 2.45) is 0 Å². The van der Waals surface area contributed by atoms with E-state index in [1.54, 1.807) is 0 Å². The number of carbonyl (C=O) groups excluding carboxylic acids is 1. The Morgan fingerprint density at radius 2 is 2.06 bits per heavy atom. The minimum atomic E-state index is -2.67. The fourth-order valence-corrected chi connectivity index (χ4v) is 3.20. The third kappa shape index (κ3) is 5.12. The smallest absolute Gasteiger partial charge is 0.255 e. The van der Waals surface area contributed by atoms with E-state index in [2.05, 4.69) is 30.6 Å². The van der Waals surface area contributed by atoms with Crippen LogP contribution in [0.4, 0.5) is 17.3 Å². The summed E-state index contributed by atoms with van der Waals surface area (Å²) in [6.07, 6.45) is -0.385. The summed E-state index contributed by atoms with van der Waals surface area (Å²) in [7, 11) is 0. The third-order valence-corrected chi connectivity index (χ3v) is 4.82. The molecule has 0 saturated heterocycles.